The van der Waals surface area contributed by atoms with E-state index in [0.717, 1.165) is 18.1 Å². The first kappa shape index (κ1) is 9.69. The van der Waals surface area contributed by atoms with Crippen LogP contribution in [-0.4, -0.2) is 13.2 Å². The summed E-state index contributed by atoms with van der Waals surface area (Å²) in [5.74, 6) is 0.818. The maximum atomic E-state index is 5.98. The van der Waals surface area contributed by atoms with Crippen molar-refractivity contribution in [2.45, 2.75) is 18.9 Å². The highest BCUT2D eigenvalue weighted by Gasteiger charge is 2.21. The number of ether oxygens (including phenoxy) is 1. The lowest BCUT2D eigenvalue weighted by Gasteiger charge is -2.11. The van der Waals surface area contributed by atoms with Crippen LogP contribution in [0.5, 0.6) is 0 Å². The molecule has 1 unspecified atom stereocenters. The van der Waals surface area contributed by atoms with E-state index in [-0.39, 0.29) is 6.04 Å². The van der Waals surface area contributed by atoms with Gasteiger partial charge in [-0.1, -0.05) is 30.3 Å². The molecule has 0 bridgehead atoms. The summed E-state index contributed by atoms with van der Waals surface area (Å²) in [6.07, 6.45) is 2.67. The molecular formula is C12H17NO. The standard InChI is InChI=1S/C12H17NO/c13-12(9-14-8-10-6-7-10)11-4-2-1-3-5-11/h1-5,10,12H,6-9,13H2. The van der Waals surface area contributed by atoms with Crippen molar-refractivity contribution in [1.29, 1.82) is 0 Å². The van der Waals surface area contributed by atoms with Gasteiger partial charge in [-0.2, -0.15) is 0 Å². The van der Waals surface area contributed by atoms with Crippen LogP contribution in [0.4, 0.5) is 0 Å². The number of hydrogen-bond donors (Lipinski definition) is 1. The third-order valence-electron chi connectivity index (χ3n) is 2.58. The summed E-state index contributed by atoms with van der Waals surface area (Å²) >= 11 is 0. The van der Waals surface area contributed by atoms with Gasteiger partial charge >= 0.3 is 0 Å². The molecule has 14 heavy (non-hydrogen) atoms. The van der Waals surface area contributed by atoms with Crippen LogP contribution in [-0.2, 0) is 4.74 Å². The predicted molar refractivity (Wildman–Crippen MR) is 56.9 cm³/mol. The highest BCUT2D eigenvalue weighted by Crippen LogP contribution is 2.29. The minimum absolute atomic E-state index is 0.0231. The van der Waals surface area contributed by atoms with Crippen molar-refractivity contribution in [1.82, 2.24) is 0 Å². The van der Waals surface area contributed by atoms with Gasteiger partial charge in [-0.15, -0.1) is 0 Å². The summed E-state index contributed by atoms with van der Waals surface area (Å²) in [5.41, 5.74) is 7.13. The first-order valence-corrected chi connectivity index (χ1v) is 5.24. The number of nitrogens with two attached hydrogens (primary N) is 1. The number of benzene rings is 1. The fourth-order valence-electron chi connectivity index (χ4n) is 1.44. The molecule has 0 aromatic heterocycles. The maximum absolute atomic E-state index is 5.98. The van der Waals surface area contributed by atoms with E-state index in [0.29, 0.717) is 6.61 Å². The Morgan fingerprint density at radius 2 is 2.00 bits per heavy atom. The Balaban J connectivity index is 1.74. The third-order valence-corrected chi connectivity index (χ3v) is 2.58. The van der Waals surface area contributed by atoms with Crippen LogP contribution in [0, 0.1) is 5.92 Å². The summed E-state index contributed by atoms with van der Waals surface area (Å²) in [6, 6.07) is 10.1. The Morgan fingerprint density at radius 3 is 2.64 bits per heavy atom. The summed E-state index contributed by atoms with van der Waals surface area (Å²) in [7, 11) is 0. The van der Waals surface area contributed by atoms with Gasteiger partial charge in [-0.25, -0.2) is 0 Å². The molecule has 2 heteroatoms. The lowest BCUT2D eigenvalue weighted by molar-refractivity contribution is 0.112. The van der Waals surface area contributed by atoms with E-state index in [1.165, 1.54) is 12.8 Å². The molecule has 2 nitrogen and oxygen atoms in total. The maximum Gasteiger partial charge on any atom is 0.0659 e. The normalized spacial score (nSPS) is 18.1. The molecule has 1 aliphatic rings. The molecular weight excluding hydrogens is 174 g/mol. The second-order valence-electron chi connectivity index (χ2n) is 4.00. The van der Waals surface area contributed by atoms with E-state index < -0.39 is 0 Å². The van der Waals surface area contributed by atoms with Gasteiger partial charge in [0.2, 0.25) is 0 Å². The Bertz CT molecular complexity index is 269. The van der Waals surface area contributed by atoms with E-state index in [1.54, 1.807) is 0 Å². The zero-order valence-corrected chi connectivity index (χ0v) is 8.36. The molecule has 1 aliphatic carbocycles. The van der Waals surface area contributed by atoms with E-state index in [1.807, 2.05) is 30.3 Å². The van der Waals surface area contributed by atoms with Gasteiger partial charge in [0.05, 0.1) is 12.6 Å². The van der Waals surface area contributed by atoms with Crippen molar-refractivity contribution in [3.63, 3.8) is 0 Å². The van der Waals surface area contributed by atoms with Crippen molar-refractivity contribution in [3.8, 4) is 0 Å². The summed E-state index contributed by atoms with van der Waals surface area (Å²) in [4.78, 5) is 0. The molecule has 2 N–H and O–H groups in total. The third kappa shape index (κ3) is 2.82. The molecule has 1 aromatic carbocycles. The number of rotatable bonds is 5. The van der Waals surface area contributed by atoms with Crippen molar-refractivity contribution < 1.29 is 4.74 Å². The molecule has 1 aromatic rings. The molecule has 0 saturated heterocycles. The fourth-order valence-corrected chi connectivity index (χ4v) is 1.44. The summed E-state index contributed by atoms with van der Waals surface area (Å²) in [6.45, 7) is 1.53. The fraction of sp³-hybridized carbons (Fsp3) is 0.500. The smallest absolute Gasteiger partial charge is 0.0659 e. The molecule has 1 atom stereocenters. The van der Waals surface area contributed by atoms with Crippen LogP contribution < -0.4 is 5.73 Å². The highest BCUT2D eigenvalue weighted by molar-refractivity contribution is 5.18. The van der Waals surface area contributed by atoms with Gasteiger partial charge < -0.3 is 10.5 Å². The lowest BCUT2D eigenvalue weighted by atomic mass is 10.1. The first-order valence-electron chi connectivity index (χ1n) is 5.24. The first-order chi connectivity index (χ1) is 6.86. The molecule has 0 heterocycles. The second kappa shape index (κ2) is 4.58. The minimum Gasteiger partial charge on any atom is -0.379 e. The SMILES string of the molecule is NC(COCC1CC1)c1ccccc1. The molecule has 1 saturated carbocycles. The van der Waals surface area contributed by atoms with Crippen molar-refractivity contribution in [3.05, 3.63) is 35.9 Å². The second-order valence-corrected chi connectivity index (χ2v) is 4.00. The van der Waals surface area contributed by atoms with Gasteiger partial charge in [0.25, 0.3) is 0 Å². The van der Waals surface area contributed by atoms with Crippen LogP contribution >= 0.6 is 0 Å². The molecule has 1 fully saturated rings. The predicted octanol–water partition coefficient (Wildman–Crippen LogP) is 2.11. The van der Waals surface area contributed by atoms with E-state index in [4.69, 9.17) is 10.5 Å². The zero-order valence-electron chi connectivity index (χ0n) is 8.36. The topological polar surface area (TPSA) is 35.2 Å². The van der Waals surface area contributed by atoms with E-state index in [9.17, 15) is 0 Å². The molecule has 0 radical (unpaired) electrons. The van der Waals surface area contributed by atoms with Crippen molar-refractivity contribution in [2.24, 2.45) is 11.7 Å². The minimum atomic E-state index is 0.0231. The van der Waals surface area contributed by atoms with Crippen LogP contribution in [0.2, 0.25) is 0 Å². The van der Waals surface area contributed by atoms with Crippen LogP contribution in [0.1, 0.15) is 24.4 Å². The van der Waals surface area contributed by atoms with Crippen molar-refractivity contribution >= 4 is 0 Å². The van der Waals surface area contributed by atoms with Crippen LogP contribution in [0.15, 0.2) is 30.3 Å². The number of hydrogen-bond acceptors (Lipinski definition) is 2. The van der Waals surface area contributed by atoms with Crippen LogP contribution in [0.3, 0.4) is 0 Å². The average Bonchev–Trinajstić information content (AvgIpc) is 3.03. The Kier molecular flexibility index (Phi) is 3.17. The molecule has 76 valence electrons. The van der Waals surface area contributed by atoms with E-state index >= 15 is 0 Å². The van der Waals surface area contributed by atoms with E-state index in [2.05, 4.69) is 0 Å². The lowest BCUT2D eigenvalue weighted by Crippen LogP contribution is -2.17. The quantitative estimate of drug-likeness (QED) is 0.773. The summed E-state index contributed by atoms with van der Waals surface area (Å²) in [5, 5.41) is 0. The molecule has 0 aliphatic heterocycles. The summed E-state index contributed by atoms with van der Waals surface area (Å²) < 4.78 is 5.55. The largest absolute Gasteiger partial charge is 0.379 e. The van der Waals surface area contributed by atoms with Gasteiger partial charge in [-0.05, 0) is 24.3 Å². The van der Waals surface area contributed by atoms with Gasteiger partial charge in [-0.3, -0.25) is 0 Å². The van der Waals surface area contributed by atoms with Gasteiger partial charge in [0.1, 0.15) is 0 Å². The molecule has 0 spiro atoms. The zero-order chi connectivity index (χ0) is 9.80. The highest BCUT2D eigenvalue weighted by atomic mass is 16.5. The Labute approximate surface area is 85.1 Å². The van der Waals surface area contributed by atoms with Crippen molar-refractivity contribution in [2.75, 3.05) is 13.2 Å². The van der Waals surface area contributed by atoms with Gasteiger partial charge in [0, 0.05) is 6.61 Å². The molecule has 2 rings (SSSR count). The monoisotopic (exact) mass is 191 g/mol. The molecule has 0 amide bonds. The van der Waals surface area contributed by atoms with Gasteiger partial charge in [0.15, 0.2) is 0 Å². The average molecular weight is 191 g/mol. The Hall–Kier alpha value is -0.860. The van der Waals surface area contributed by atoms with Crippen LogP contribution in [0.25, 0.3) is 0 Å². The Morgan fingerprint density at radius 1 is 1.29 bits per heavy atom.